The van der Waals surface area contributed by atoms with Crippen LogP contribution in [0.4, 0.5) is 0 Å². The molecule has 3 rings (SSSR count). The Labute approximate surface area is 204 Å². The standard InChI is InChI=1S/C21H28N6O2S.HI/c1-15(29-19-10-6-5-9-18(19)28-4)12-22-21(23-13-17-8-7-11-30-17)24-14-20-26-25-16(2)27(20)3;/h5-11,15H,12-14H2,1-4H3,(H2,22,23,24);1H. The summed E-state index contributed by atoms with van der Waals surface area (Å²) in [5.74, 6) is 3.79. The first-order valence-electron chi connectivity index (χ1n) is 9.76. The van der Waals surface area contributed by atoms with Crippen molar-refractivity contribution < 1.29 is 9.47 Å². The van der Waals surface area contributed by atoms with Crippen molar-refractivity contribution in [1.29, 1.82) is 0 Å². The topological polar surface area (TPSA) is 85.6 Å². The molecule has 31 heavy (non-hydrogen) atoms. The van der Waals surface area contributed by atoms with Crippen LogP contribution >= 0.6 is 35.3 Å². The molecule has 0 bridgehead atoms. The van der Waals surface area contributed by atoms with Crippen LogP contribution in [0.5, 0.6) is 11.5 Å². The summed E-state index contributed by atoms with van der Waals surface area (Å²) in [6, 6.07) is 11.8. The minimum atomic E-state index is -0.0906. The summed E-state index contributed by atoms with van der Waals surface area (Å²) < 4.78 is 13.3. The van der Waals surface area contributed by atoms with Crippen molar-refractivity contribution in [2.75, 3.05) is 13.7 Å². The van der Waals surface area contributed by atoms with Gasteiger partial charge in [-0.05, 0) is 37.4 Å². The summed E-state index contributed by atoms with van der Waals surface area (Å²) in [4.78, 5) is 5.91. The Balaban J connectivity index is 0.00000341. The molecule has 3 aromatic rings. The third kappa shape index (κ3) is 7.39. The normalized spacial score (nSPS) is 12.1. The molecule has 1 unspecified atom stereocenters. The van der Waals surface area contributed by atoms with E-state index in [4.69, 9.17) is 9.47 Å². The predicted molar refractivity (Wildman–Crippen MR) is 135 cm³/mol. The zero-order valence-electron chi connectivity index (χ0n) is 18.2. The Bertz CT molecular complexity index is 961. The van der Waals surface area contributed by atoms with Gasteiger partial charge in [0.05, 0.1) is 20.2 Å². The van der Waals surface area contributed by atoms with Crippen LogP contribution in [-0.2, 0) is 20.1 Å². The Hall–Kier alpha value is -2.34. The first kappa shape index (κ1) is 24.9. The van der Waals surface area contributed by atoms with Gasteiger partial charge in [0.1, 0.15) is 18.5 Å². The molecule has 8 nitrogen and oxygen atoms in total. The average molecular weight is 556 g/mol. The van der Waals surface area contributed by atoms with Crippen molar-refractivity contribution in [2.24, 2.45) is 12.0 Å². The molecule has 0 aliphatic rings. The molecule has 0 aliphatic carbocycles. The molecule has 0 saturated heterocycles. The molecule has 0 amide bonds. The van der Waals surface area contributed by atoms with E-state index in [0.29, 0.717) is 37.1 Å². The number of guanidine groups is 1. The second kappa shape index (κ2) is 12.5. The number of thiophene rings is 1. The summed E-state index contributed by atoms with van der Waals surface area (Å²) in [6.07, 6.45) is -0.0906. The first-order chi connectivity index (χ1) is 14.6. The fourth-order valence-electron chi connectivity index (χ4n) is 2.71. The van der Waals surface area contributed by atoms with Crippen LogP contribution in [0, 0.1) is 6.92 Å². The smallest absolute Gasteiger partial charge is 0.192 e. The molecule has 2 N–H and O–H groups in total. The van der Waals surface area contributed by atoms with Gasteiger partial charge >= 0.3 is 0 Å². The number of methoxy groups -OCH3 is 1. The van der Waals surface area contributed by atoms with E-state index in [1.165, 1.54) is 4.88 Å². The lowest BCUT2D eigenvalue weighted by molar-refractivity contribution is 0.213. The van der Waals surface area contributed by atoms with Gasteiger partial charge in [-0.15, -0.1) is 45.5 Å². The van der Waals surface area contributed by atoms with Gasteiger partial charge in [0, 0.05) is 11.9 Å². The molecular weight excluding hydrogens is 527 g/mol. The van der Waals surface area contributed by atoms with E-state index < -0.39 is 0 Å². The van der Waals surface area contributed by atoms with Gasteiger partial charge in [0.2, 0.25) is 0 Å². The van der Waals surface area contributed by atoms with Gasteiger partial charge in [-0.2, -0.15) is 0 Å². The maximum atomic E-state index is 6.03. The van der Waals surface area contributed by atoms with Gasteiger partial charge in [-0.3, -0.25) is 0 Å². The molecule has 0 saturated carbocycles. The van der Waals surface area contributed by atoms with Crippen LogP contribution < -0.4 is 20.1 Å². The number of nitrogens with zero attached hydrogens (tertiary/aromatic N) is 4. The summed E-state index contributed by atoms with van der Waals surface area (Å²) in [6.45, 7) is 5.63. The highest BCUT2D eigenvalue weighted by atomic mass is 127. The Morgan fingerprint density at radius 2 is 1.94 bits per heavy atom. The number of benzene rings is 1. The number of halogens is 1. The van der Waals surface area contributed by atoms with E-state index in [1.807, 2.05) is 55.8 Å². The van der Waals surface area contributed by atoms with Crippen molar-refractivity contribution >= 4 is 41.3 Å². The van der Waals surface area contributed by atoms with Crippen molar-refractivity contribution in [3.63, 3.8) is 0 Å². The summed E-state index contributed by atoms with van der Waals surface area (Å²) in [5.41, 5.74) is 0. The van der Waals surface area contributed by atoms with E-state index in [2.05, 4.69) is 37.3 Å². The van der Waals surface area contributed by atoms with Crippen molar-refractivity contribution in [1.82, 2.24) is 25.4 Å². The maximum Gasteiger partial charge on any atom is 0.192 e. The SMILES string of the molecule is COc1ccccc1OC(C)CNC(=NCc1nnc(C)n1C)NCc1cccs1.I. The number of aromatic nitrogens is 3. The molecule has 2 heterocycles. The summed E-state index contributed by atoms with van der Waals surface area (Å²) >= 11 is 1.71. The quantitative estimate of drug-likeness (QED) is 0.239. The van der Waals surface area contributed by atoms with E-state index in [-0.39, 0.29) is 30.1 Å². The molecular formula is C21H29IN6O2S. The van der Waals surface area contributed by atoms with E-state index in [0.717, 1.165) is 11.6 Å². The number of nitrogens with one attached hydrogen (secondary N) is 2. The molecule has 1 aromatic carbocycles. The average Bonchev–Trinajstić information content (AvgIpc) is 3.38. The van der Waals surface area contributed by atoms with Gasteiger partial charge in [-0.25, -0.2) is 4.99 Å². The number of aryl methyl sites for hydroxylation is 1. The molecule has 2 aromatic heterocycles. The molecule has 10 heteroatoms. The lowest BCUT2D eigenvalue weighted by Gasteiger charge is -2.19. The highest BCUT2D eigenvalue weighted by Gasteiger charge is 2.10. The molecule has 0 aliphatic heterocycles. The van der Waals surface area contributed by atoms with E-state index >= 15 is 0 Å². The number of hydrogen-bond acceptors (Lipinski definition) is 6. The fraction of sp³-hybridized carbons (Fsp3) is 0.381. The second-order valence-electron chi connectivity index (χ2n) is 6.78. The zero-order valence-corrected chi connectivity index (χ0v) is 21.3. The van der Waals surface area contributed by atoms with Crippen LogP contribution in [0.1, 0.15) is 23.4 Å². The lowest BCUT2D eigenvalue weighted by atomic mass is 10.3. The molecule has 0 spiro atoms. The third-order valence-corrected chi connectivity index (χ3v) is 5.40. The second-order valence-corrected chi connectivity index (χ2v) is 7.81. The summed E-state index contributed by atoms with van der Waals surface area (Å²) in [7, 11) is 3.58. The molecule has 0 fully saturated rings. The monoisotopic (exact) mass is 556 g/mol. The van der Waals surface area contributed by atoms with Gasteiger partial charge in [0.15, 0.2) is 23.3 Å². The van der Waals surface area contributed by atoms with Crippen molar-refractivity contribution in [3.05, 3.63) is 58.3 Å². The van der Waals surface area contributed by atoms with Crippen molar-refractivity contribution in [2.45, 2.75) is 33.0 Å². The summed E-state index contributed by atoms with van der Waals surface area (Å²) in [5, 5.41) is 17.1. The van der Waals surface area contributed by atoms with Crippen LogP contribution in [-0.4, -0.2) is 40.5 Å². The Kier molecular flexibility index (Phi) is 10.0. The first-order valence-corrected chi connectivity index (χ1v) is 10.6. The molecule has 0 radical (unpaired) electrons. The minimum Gasteiger partial charge on any atom is -0.493 e. The van der Waals surface area contributed by atoms with E-state index in [9.17, 15) is 0 Å². The van der Waals surface area contributed by atoms with Crippen LogP contribution in [0.3, 0.4) is 0 Å². The van der Waals surface area contributed by atoms with E-state index in [1.54, 1.807) is 18.4 Å². The number of ether oxygens (including phenoxy) is 2. The molecule has 168 valence electrons. The van der Waals surface area contributed by atoms with Crippen LogP contribution in [0.2, 0.25) is 0 Å². The third-order valence-electron chi connectivity index (χ3n) is 4.53. The zero-order chi connectivity index (χ0) is 21.3. The van der Waals surface area contributed by atoms with Crippen molar-refractivity contribution in [3.8, 4) is 11.5 Å². The highest BCUT2D eigenvalue weighted by Crippen LogP contribution is 2.26. The fourth-order valence-corrected chi connectivity index (χ4v) is 3.36. The minimum absolute atomic E-state index is 0. The maximum absolute atomic E-state index is 6.03. The van der Waals surface area contributed by atoms with Gasteiger partial charge in [0.25, 0.3) is 0 Å². The number of para-hydroxylation sites is 2. The van der Waals surface area contributed by atoms with Gasteiger partial charge < -0.3 is 24.7 Å². The number of hydrogen-bond donors (Lipinski definition) is 2. The Morgan fingerprint density at radius 3 is 2.58 bits per heavy atom. The lowest BCUT2D eigenvalue weighted by Crippen LogP contribution is -2.41. The Morgan fingerprint density at radius 1 is 1.16 bits per heavy atom. The van der Waals surface area contributed by atoms with Gasteiger partial charge in [-0.1, -0.05) is 18.2 Å². The predicted octanol–water partition coefficient (Wildman–Crippen LogP) is 3.51. The number of aliphatic imine (C=N–C) groups is 1. The highest BCUT2D eigenvalue weighted by molar-refractivity contribution is 14.0. The molecule has 1 atom stereocenters. The van der Waals surface area contributed by atoms with Crippen LogP contribution in [0.15, 0.2) is 46.8 Å². The number of rotatable bonds is 9. The van der Waals surface area contributed by atoms with Crippen LogP contribution in [0.25, 0.3) is 0 Å². The largest absolute Gasteiger partial charge is 0.493 e.